The average Bonchev–Trinajstić information content (AvgIpc) is 2.79. The first-order valence-corrected chi connectivity index (χ1v) is 8.15. The number of ether oxygens (including phenoxy) is 1. The number of carbonyl (C=O) groups is 1. The van der Waals surface area contributed by atoms with Crippen molar-refractivity contribution >= 4 is 5.91 Å². The second-order valence-corrected chi connectivity index (χ2v) is 6.69. The van der Waals surface area contributed by atoms with Gasteiger partial charge in [0.15, 0.2) is 0 Å². The number of benzene rings is 1. The number of aryl methyl sites for hydroxylation is 1. The van der Waals surface area contributed by atoms with E-state index in [0.29, 0.717) is 6.61 Å². The highest BCUT2D eigenvalue weighted by Gasteiger charge is 2.46. The number of nitrogens with zero attached hydrogens (tertiary/aromatic N) is 1. The van der Waals surface area contributed by atoms with E-state index in [9.17, 15) is 4.79 Å². The molecule has 3 heteroatoms. The Morgan fingerprint density at radius 2 is 2.18 bits per heavy atom. The zero-order valence-electron chi connectivity index (χ0n) is 13.6. The van der Waals surface area contributed by atoms with Crippen LogP contribution in [0.3, 0.4) is 0 Å². The second kappa shape index (κ2) is 5.88. The molecule has 0 radical (unpaired) electrons. The average molecular weight is 299 g/mol. The molecule has 1 amide bonds. The predicted octanol–water partition coefficient (Wildman–Crippen LogP) is 3.52. The quantitative estimate of drug-likeness (QED) is 0.799. The van der Waals surface area contributed by atoms with E-state index in [1.807, 2.05) is 11.0 Å². The molecule has 0 aromatic heterocycles. The van der Waals surface area contributed by atoms with Gasteiger partial charge >= 0.3 is 0 Å². The van der Waals surface area contributed by atoms with Gasteiger partial charge in [-0.05, 0) is 37.3 Å². The lowest BCUT2D eigenvalue weighted by Gasteiger charge is -2.40. The van der Waals surface area contributed by atoms with Crippen molar-refractivity contribution in [2.45, 2.75) is 44.6 Å². The number of rotatable bonds is 3. The van der Waals surface area contributed by atoms with Gasteiger partial charge in [0, 0.05) is 25.4 Å². The molecule has 1 unspecified atom stereocenters. The van der Waals surface area contributed by atoms with Gasteiger partial charge in [0.05, 0.1) is 12.7 Å². The maximum absolute atomic E-state index is 11.6. The van der Waals surface area contributed by atoms with Crippen molar-refractivity contribution in [3.05, 3.63) is 47.5 Å². The van der Waals surface area contributed by atoms with Gasteiger partial charge in [0.25, 0.3) is 0 Å². The topological polar surface area (TPSA) is 29.5 Å². The van der Waals surface area contributed by atoms with Gasteiger partial charge in [-0.2, -0.15) is 0 Å². The van der Waals surface area contributed by atoms with E-state index < -0.39 is 0 Å². The van der Waals surface area contributed by atoms with E-state index in [1.54, 1.807) is 6.92 Å². The minimum absolute atomic E-state index is 0.164. The van der Waals surface area contributed by atoms with Crippen LogP contribution in [0.15, 0.2) is 30.9 Å². The molecule has 1 spiro atoms. The first-order valence-electron chi connectivity index (χ1n) is 8.15. The van der Waals surface area contributed by atoms with E-state index in [4.69, 9.17) is 4.74 Å². The molecule has 1 aliphatic carbocycles. The zero-order valence-corrected chi connectivity index (χ0v) is 13.6. The van der Waals surface area contributed by atoms with Gasteiger partial charge < -0.3 is 9.64 Å². The highest BCUT2D eigenvalue weighted by Crippen LogP contribution is 2.52. The van der Waals surface area contributed by atoms with Crippen molar-refractivity contribution in [3.8, 4) is 0 Å². The molecule has 1 aromatic rings. The van der Waals surface area contributed by atoms with Gasteiger partial charge in [-0.15, -0.1) is 6.58 Å². The molecule has 1 aliphatic heterocycles. The first-order chi connectivity index (χ1) is 10.6. The van der Waals surface area contributed by atoms with Gasteiger partial charge in [-0.25, -0.2) is 0 Å². The third-order valence-corrected chi connectivity index (χ3v) is 5.28. The van der Waals surface area contributed by atoms with Crippen LogP contribution in [0.25, 0.3) is 0 Å². The number of hydrogen-bond donors (Lipinski definition) is 0. The number of amides is 1. The van der Waals surface area contributed by atoms with Crippen LogP contribution in [0, 0.1) is 6.92 Å². The summed E-state index contributed by atoms with van der Waals surface area (Å²) in [5, 5.41) is 0. The Morgan fingerprint density at radius 3 is 2.82 bits per heavy atom. The summed E-state index contributed by atoms with van der Waals surface area (Å²) in [6.45, 7) is 9.88. The van der Waals surface area contributed by atoms with Crippen LogP contribution < -0.4 is 0 Å². The third-order valence-electron chi connectivity index (χ3n) is 5.28. The summed E-state index contributed by atoms with van der Waals surface area (Å²) in [5.41, 5.74) is 4.27. The summed E-state index contributed by atoms with van der Waals surface area (Å²) >= 11 is 0. The highest BCUT2D eigenvalue weighted by molar-refractivity contribution is 5.73. The SMILES string of the molecule is C=CCOC1CC2(CCN(C(C)=O)CC2)c2cc(C)ccc21. The lowest BCUT2D eigenvalue weighted by Crippen LogP contribution is -2.43. The van der Waals surface area contributed by atoms with Gasteiger partial charge in [-0.1, -0.05) is 29.8 Å². The number of likely N-dealkylation sites (tertiary alicyclic amines) is 1. The Balaban J connectivity index is 1.89. The Kier molecular flexibility index (Phi) is 4.09. The summed E-state index contributed by atoms with van der Waals surface area (Å²) in [4.78, 5) is 13.6. The maximum atomic E-state index is 11.6. The van der Waals surface area contributed by atoms with Crippen LogP contribution in [0.5, 0.6) is 0 Å². The Morgan fingerprint density at radius 1 is 1.45 bits per heavy atom. The lowest BCUT2D eigenvalue weighted by atomic mass is 9.73. The van der Waals surface area contributed by atoms with E-state index in [1.165, 1.54) is 16.7 Å². The fourth-order valence-corrected chi connectivity index (χ4v) is 4.04. The molecule has 1 aromatic carbocycles. The Labute approximate surface area is 133 Å². The van der Waals surface area contributed by atoms with Crippen molar-refractivity contribution in [2.75, 3.05) is 19.7 Å². The van der Waals surface area contributed by atoms with Crippen molar-refractivity contribution in [1.29, 1.82) is 0 Å². The van der Waals surface area contributed by atoms with Crippen molar-refractivity contribution in [2.24, 2.45) is 0 Å². The van der Waals surface area contributed by atoms with Crippen LogP contribution in [-0.4, -0.2) is 30.5 Å². The van der Waals surface area contributed by atoms with E-state index in [-0.39, 0.29) is 17.4 Å². The minimum Gasteiger partial charge on any atom is -0.369 e. The maximum Gasteiger partial charge on any atom is 0.219 e. The van der Waals surface area contributed by atoms with Crippen LogP contribution >= 0.6 is 0 Å². The van der Waals surface area contributed by atoms with Gasteiger partial charge in [-0.3, -0.25) is 4.79 Å². The van der Waals surface area contributed by atoms with Crippen molar-refractivity contribution in [1.82, 2.24) is 4.90 Å². The molecule has 0 bridgehead atoms. The molecule has 0 saturated carbocycles. The van der Waals surface area contributed by atoms with Crippen LogP contribution in [0.4, 0.5) is 0 Å². The molecule has 1 heterocycles. The van der Waals surface area contributed by atoms with E-state index in [2.05, 4.69) is 31.7 Å². The molecule has 1 atom stereocenters. The largest absolute Gasteiger partial charge is 0.369 e. The number of fused-ring (bicyclic) bond motifs is 2. The number of hydrogen-bond acceptors (Lipinski definition) is 2. The molecule has 2 aliphatic rings. The standard InChI is InChI=1S/C19H25NO2/c1-4-11-22-18-13-19(7-9-20(10-8-19)15(3)21)17-12-14(2)5-6-16(17)18/h4-6,12,18H,1,7-11,13H2,2-3H3. The van der Waals surface area contributed by atoms with Crippen LogP contribution in [-0.2, 0) is 14.9 Å². The Bertz CT molecular complexity index is 585. The monoisotopic (exact) mass is 299 g/mol. The van der Waals surface area contributed by atoms with E-state index in [0.717, 1.165) is 32.4 Å². The van der Waals surface area contributed by atoms with Gasteiger partial charge in [0.1, 0.15) is 0 Å². The molecule has 3 rings (SSSR count). The smallest absolute Gasteiger partial charge is 0.219 e. The molecule has 1 fully saturated rings. The molecule has 118 valence electrons. The molecular weight excluding hydrogens is 274 g/mol. The summed E-state index contributed by atoms with van der Waals surface area (Å²) < 4.78 is 6.02. The summed E-state index contributed by atoms with van der Waals surface area (Å²) in [6.07, 6.45) is 5.09. The molecule has 1 saturated heterocycles. The minimum atomic E-state index is 0.164. The molecule has 0 N–H and O–H groups in total. The third kappa shape index (κ3) is 2.58. The zero-order chi connectivity index (χ0) is 15.7. The van der Waals surface area contributed by atoms with Crippen LogP contribution in [0.2, 0.25) is 0 Å². The van der Waals surface area contributed by atoms with Crippen LogP contribution in [0.1, 0.15) is 49.0 Å². The number of piperidine rings is 1. The summed E-state index contributed by atoms with van der Waals surface area (Å²) in [5.74, 6) is 0.191. The molecular formula is C19H25NO2. The lowest BCUT2D eigenvalue weighted by molar-refractivity contribution is -0.130. The molecule has 22 heavy (non-hydrogen) atoms. The number of carbonyl (C=O) groups excluding carboxylic acids is 1. The summed E-state index contributed by atoms with van der Waals surface area (Å²) in [6, 6.07) is 6.73. The normalized spacial score (nSPS) is 22.6. The first kappa shape index (κ1) is 15.3. The summed E-state index contributed by atoms with van der Waals surface area (Å²) in [7, 11) is 0. The van der Waals surface area contributed by atoms with E-state index >= 15 is 0 Å². The fraction of sp³-hybridized carbons (Fsp3) is 0.526. The molecule has 3 nitrogen and oxygen atoms in total. The fourth-order valence-electron chi connectivity index (χ4n) is 4.04. The second-order valence-electron chi connectivity index (χ2n) is 6.69. The Hall–Kier alpha value is -1.61. The van der Waals surface area contributed by atoms with Gasteiger partial charge in [0.2, 0.25) is 5.91 Å². The predicted molar refractivity (Wildman–Crippen MR) is 87.9 cm³/mol. The van der Waals surface area contributed by atoms with Crippen molar-refractivity contribution in [3.63, 3.8) is 0 Å². The van der Waals surface area contributed by atoms with Crippen molar-refractivity contribution < 1.29 is 9.53 Å². The highest BCUT2D eigenvalue weighted by atomic mass is 16.5.